The summed E-state index contributed by atoms with van der Waals surface area (Å²) in [4.78, 5) is 12.5. The first-order chi connectivity index (χ1) is 13.1. The number of ether oxygens (including phenoxy) is 2. The molecule has 1 amide bonds. The topological polar surface area (TPSA) is 65.4 Å². The normalized spacial score (nSPS) is 15.8. The highest BCUT2D eigenvalue weighted by Gasteiger charge is 2.33. The molecule has 138 valence electrons. The van der Waals surface area contributed by atoms with E-state index < -0.39 is 0 Å². The average Bonchev–Trinajstić information content (AvgIpc) is 3.10. The zero-order chi connectivity index (χ0) is 19.0. The van der Waals surface area contributed by atoms with E-state index >= 15 is 0 Å². The second kappa shape index (κ2) is 6.96. The summed E-state index contributed by atoms with van der Waals surface area (Å²) >= 11 is 6.33. The molecular formula is C20H18ClN3O3. The van der Waals surface area contributed by atoms with E-state index in [1.807, 2.05) is 36.4 Å². The number of hydrogen-bond donors (Lipinski definition) is 1. The number of carbonyl (C=O) groups excluding carboxylic acids is 1. The van der Waals surface area contributed by atoms with Gasteiger partial charge in [-0.25, -0.2) is 4.68 Å². The molecule has 2 heterocycles. The number of carbonyl (C=O) groups is 1. The van der Waals surface area contributed by atoms with Crippen molar-refractivity contribution in [2.45, 2.75) is 12.3 Å². The predicted molar refractivity (Wildman–Crippen MR) is 103 cm³/mol. The van der Waals surface area contributed by atoms with Crippen LogP contribution in [-0.2, 0) is 4.79 Å². The van der Waals surface area contributed by atoms with Gasteiger partial charge in [-0.2, -0.15) is 5.10 Å². The fourth-order valence-corrected chi connectivity index (χ4v) is 3.71. The van der Waals surface area contributed by atoms with Gasteiger partial charge in [0, 0.05) is 23.5 Å². The molecule has 1 atom stereocenters. The van der Waals surface area contributed by atoms with Crippen molar-refractivity contribution in [3.05, 3.63) is 64.8 Å². The van der Waals surface area contributed by atoms with Crippen molar-refractivity contribution >= 4 is 23.3 Å². The SMILES string of the molecule is COc1cccc(C2CC(=O)Nc3c2cnn3-c2ccccc2Cl)c1OC. The van der Waals surface area contributed by atoms with E-state index in [-0.39, 0.29) is 11.8 Å². The lowest BCUT2D eigenvalue weighted by Crippen LogP contribution is -2.25. The Hall–Kier alpha value is -2.99. The number of nitrogens with zero attached hydrogens (tertiary/aromatic N) is 2. The second-order valence-corrected chi connectivity index (χ2v) is 6.61. The third kappa shape index (κ3) is 2.92. The van der Waals surface area contributed by atoms with Gasteiger partial charge in [-0.05, 0) is 18.2 Å². The minimum Gasteiger partial charge on any atom is -0.493 e. The molecule has 0 aliphatic carbocycles. The Morgan fingerprint density at radius 2 is 1.93 bits per heavy atom. The number of amides is 1. The first-order valence-corrected chi connectivity index (χ1v) is 8.85. The van der Waals surface area contributed by atoms with Gasteiger partial charge in [0.25, 0.3) is 0 Å². The van der Waals surface area contributed by atoms with Gasteiger partial charge in [0.1, 0.15) is 5.82 Å². The van der Waals surface area contributed by atoms with Gasteiger partial charge in [-0.1, -0.05) is 35.9 Å². The number of halogens is 1. The summed E-state index contributed by atoms with van der Waals surface area (Å²) in [6.07, 6.45) is 2.06. The third-order valence-corrected chi connectivity index (χ3v) is 5.03. The Labute approximate surface area is 161 Å². The third-order valence-electron chi connectivity index (χ3n) is 4.71. The van der Waals surface area contributed by atoms with Crippen LogP contribution in [0.25, 0.3) is 5.69 Å². The number of methoxy groups -OCH3 is 2. The molecule has 1 unspecified atom stereocenters. The van der Waals surface area contributed by atoms with E-state index in [4.69, 9.17) is 21.1 Å². The summed E-state index contributed by atoms with van der Waals surface area (Å²) in [6, 6.07) is 13.0. The first-order valence-electron chi connectivity index (χ1n) is 8.47. The molecule has 0 saturated heterocycles. The average molecular weight is 384 g/mol. The summed E-state index contributed by atoms with van der Waals surface area (Å²) in [5.41, 5.74) is 2.49. The van der Waals surface area contributed by atoms with Gasteiger partial charge < -0.3 is 14.8 Å². The van der Waals surface area contributed by atoms with Crippen molar-refractivity contribution in [2.75, 3.05) is 19.5 Å². The van der Waals surface area contributed by atoms with Crippen molar-refractivity contribution in [3.63, 3.8) is 0 Å². The molecule has 0 saturated carbocycles. The molecule has 2 aromatic carbocycles. The molecular weight excluding hydrogens is 366 g/mol. The highest BCUT2D eigenvalue weighted by Crippen LogP contribution is 2.44. The minimum absolute atomic E-state index is 0.0915. The van der Waals surface area contributed by atoms with Gasteiger partial charge in [-0.15, -0.1) is 0 Å². The summed E-state index contributed by atoms with van der Waals surface area (Å²) < 4.78 is 12.6. The van der Waals surface area contributed by atoms with E-state index in [0.717, 1.165) is 11.1 Å². The maximum absolute atomic E-state index is 12.5. The van der Waals surface area contributed by atoms with Crippen LogP contribution in [0.4, 0.5) is 5.82 Å². The highest BCUT2D eigenvalue weighted by molar-refractivity contribution is 6.32. The first kappa shape index (κ1) is 17.4. The van der Waals surface area contributed by atoms with Crippen LogP contribution in [0.2, 0.25) is 5.02 Å². The fourth-order valence-electron chi connectivity index (χ4n) is 3.49. The van der Waals surface area contributed by atoms with E-state index in [1.165, 1.54) is 0 Å². The lowest BCUT2D eigenvalue weighted by molar-refractivity contribution is -0.116. The Balaban J connectivity index is 1.87. The van der Waals surface area contributed by atoms with Gasteiger partial charge in [0.05, 0.1) is 31.1 Å². The lowest BCUT2D eigenvalue weighted by atomic mass is 9.86. The smallest absolute Gasteiger partial charge is 0.226 e. The predicted octanol–water partition coefficient (Wildman–Crippen LogP) is 4.02. The van der Waals surface area contributed by atoms with Crippen LogP contribution in [0.1, 0.15) is 23.5 Å². The summed E-state index contributed by atoms with van der Waals surface area (Å²) in [5, 5.41) is 7.97. The number of benzene rings is 2. The molecule has 1 aliphatic heterocycles. The van der Waals surface area contributed by atoms with Crippen LogP contribution in [0.5, 0.6) is 11.5 Å². The Bertz CT molecular complexity index is 1020. The van der Waals surface area contributed by atoms with Crippen LogP contribution < -0.4 is 14.8 Å². The number of fused-ring (bicyclic) bond motifs is 1. The number of para-hydroxylation sites is 2. The molecule has 1 N–H and O–H groups in total. The van der Waals surface area contributed by atoms with Crippen LogP contribution in [0, 0.1) is 0 Å². The number of rotatable bonds is 4. The van der Waals surface area contributed by atoms with Crippen LogP contribution in [-0.4, -0.2) is 29.9 Å². The quantitative estimate of drug-likeness (QED) is 0.739. The maximum Gasteiger partial charge on any atom is 0.226 e. The number of hydrogen-bond acceptors (Lipinski definition) is 4. The summed E-state index contributed by atoms with van der Waals surface area (Å²) in [7, 11) is 3.19. The summed E-state index contributed by atoms with van der Waals surface area (Å²) in [6.45, 7) is 0. The summed E-state index contributed by atoms with van der Waals surface area (Å²) in [5.74, 6) is 1.58. The highest BCUT2D eigenvalue weighted by atomic mass is 35.5. The number of anilines is 1. The van der Waals surface area contributed by atoms with Crippen molar-refractivity contribution in [2.24, 2.45) is 0 Å². The molecule has 4 rings (SSSR count). The van der Waals surface area contributed by atoms with Gasteiger partial charge in [-0.3, -0.25) is 4.79 Å². The molecule has 1 aromatic heterocycles. The van der Waals surface area contributed by atoms with E-state index in [2.05, 4.69) is 10.4 Å². The zero-order valence-electron chi connectivity index (χ0n) is 14.9. The monoisotopic (exact) mass is 383 g/mol. The maximum atomic E-state index is 12.5. The van der Waals surface area contributed by atoms with E-state index in [9.17, 15) is 4.79 Å². The van der Waals surface area contributed by atoms with Crippen molar-refractivity contribution in [1.29, 1.82) is 0 Å². The van der Waals surface area contributed by atoms with Gasteiger partial charge in [0.2, 0.25) is 5.91 Å². The van der Waals surface area contributed by atoms with Gasteiger partial charge in [0.15, 0.2) is 11.5 Å². The Kier molecular flexibility index (Phi) is 4.49. The zero-order valence-corrected chi connectivity index (χ0v) is 15.7. The fraction of sp³-hybridized carbons (Fsp3) is 0.200. The standard InChI is InChI=1S/C20H18ClN3O3/c1-26-17-9-5-6-12(19(17)27-2)13-10-18(25)23-20-14(13)11-22-24(20)16-8-4-3-7-15(16)21/h3-9,11,13H,10H2,1-2H3,(H,23,25). The van der Waals surface area contributed by atoms with Crippen LogP contribution in [0.15, 0.2) is 48.7 Å². The van der Waals surface area contributed by atoms with E-state index in [0.29, 0.717) is 34.4 Å². The molecule has 0 fully saturated rings. The van der Waals surface area contributed by atoms with Crippen LogP contribution >= 0.6 is 11.6 Å². The molecule has 3 aromatic rings. The Morgan fingerprint density at radius 3 is 2.67 bits per heavy atom. The molecule has 0 bridgehead atoms. The van der Waals surface area contributed by atoms with Crippen molar-refractivity contribution < 1.29 is 14.3 Å². The molecule has 7 heteroatoms. The largest absolute Gasteiger partial charge is 0.493 e. The lowest BCUT2D eigenvalue weighted by Gasteiger charge is -2.25. The number of aromatic nitrogens is 2. The molecule has 27 heavy (non-hydrogen) atoms. The second-order valence-electron chi connectivity index (χ2n) is 6.20. The molecule has 0 radical (unpaired) electrons. The minimum atomic E-state index is -0.199. The molecule has 0 spiro atoms. The number of nitrogens with one attached hydrogen (secondary N) is 1. The van der Waals surface area contributed by atoms with Gasteiger partial charge >= 0.3 is 0 Å². The van der Waals surface area contributed by atoms with Crippen molar-refractivity contribution in [3.8, 4) is 17.2 Å². The van der Waals surface area contributed by atoms with Crippen LogP contribution in [0.3, 0.4) is 0 Å². The van der Waals surface area contributed by atoms with Crippen molar-refractivity contribution in [1.82, 2.24) is 9.78 Å². The molecule has 6 nitrogen and oxygen atoms in total. The Morgan fingerprint density at radius 1 is 1.11 bits per heavy atom. The molecule has 1 aliphatic rings. The van der Waals surface area contributed by atoms with E-state index in [1.54, 1.807) is 31.2 Å².